The molecule has 0 aliphatic carbocycles. The molecule has 1 radical (unpaired) electrons. The molecular weight excluding hydrogens is 115 g/mol. The summed E-state index contributed by atoms with van der Waals surface area (Å²) >= 11 is 0. The highest BCUT2D eigenvalue weighted by atomic mass is 16.5. The van der Waals surface area contributed by atoms with Gasteiger partial charge in [0, 0.05) is 0 Å². The fraction of sp³-hybridized carbons (Fsp3) is 0.667. The van der Waals surface area contributed by atoms with Gasteiger partial charge >= 0.3 is 8.05 Å². The maximum atomic E-state index is 10.7. The standard InChI is InChI=1S/C6H12BO2/c1-4(2)5(3)6(8)9-7/h4H,7H2,1-3H3. The molecule has 0 aliphatic heterocycles. The highest BCUT2D eigenvalue weighted by Gasteiger charge is 2.16. The summed E-state index contributed by atoms with van der Waals surface area (Å²) in [6, 6.07) is 0. The van der Waals surface area contributed by atoms with Crippen molar-refractivity contribution >= 4 is 14.0 Å². The van der Waals surface area contributed by atoms with Crippen molar-refractivity contribution in [3.05, 3.63) is 5.92 Å². The summed E-state index contributed by atoms with van der Waals surface area (Å²) in [5.41, 5.74) is 0. The van der Waals surface area contributed by atoms with Gasteiger partial charge in [-0.25, -0.2) is 0 Å². The van der Waals surface area contributed by atoms with Gasteiger partial charge in [0.15, 0.2) is 0 Å². The minimum Gasteiger partial charge on any atom is -0.543 e. The first kappa shape index (κ1) is 8.53. The highest BCUT2D eigenvalue weighted by molar-refractivity contribution is 6.08. The Balaban J connectivity index is 3.72. The molecule has 0 rings (SSSR count). The van der Waals surface area contributed by atoms with E-state index in [9.17, 15) is 4.79 Å². The van der Waals surface area contributed by atoms with Crippen LogP contribution in [-0.2, 0) is 9.45 Å². The zero-order valence-corrected chi connectivity index (χ0v) is 6.39. The molecule has 0 aliphatic rings. The highest BCUT2D eigenvalue weighted by Crippen LogP contribution is 2.12. The van der Waals surface area contributed by atoms with Crippen molar-refractivity contribution in [3.8, 4) is 0 Å². The molecule has 0 heterocycles. The van der Waals surface area contributed by atoms with Crippen molar-refractivity contribution in [3.63, 3.8) is 0 Å². The normalized spacial score (nSPS) is 10.3. The lowest BCUT2D eigenvalue weighted by molar-refractivity contribution is -0.132. The Bertz CT molecular complexity index is 101. The number of hydrogen-bond donors (Lipinski definition) is 0. The second-order valence-electron chi connectivity index (χ2n) is 2.33. The summed E-state index contributed by atoms with van der Waals surface area (Å²) in [7, 11) is 1.40. The van der Waals surface area contributed by atoms with E-state index in [0.717, 1.165) is 5.92 Å². The van der Waals surface area contributed by atoms with Crippen LogP contribution in [0, 0.1) is 11.8 Å². The third kappa shape index (κ3) is 2.54. The third-order valence-electron chi connectivity index (χ3n) is 1.37. The van der Waals surface area contributed by atoms with Crippen LogP contribution in [0.2, 0.25) is 0 Å². The largest absolute Gasteiger partial charge is 0.543 e. The van der Waals surface area contributed by atoms with Gasteiger partial charge in [-0.1, -0.05) is 13.8 Å². The zero-order chi connectivity index (χ0) is 7.44. The van der Waals surface area contributed by atoms with Crippen LogP contribution in [0.4, 0.5) is 0 Å². The first-order valence-corrected chi connectivity index (χ1v) is 3.01. The molecule has 0 N–H and O–H groups in total. The molecule has 0 aromatic rings. The Hall–Kier alpha value is -0.465. The molecule has 0 saturated carbocycles. The monoisotopic (exact) mass is 127 g/mol. The molecule has 2 nitrogen and oxygen atoms in total. The van der Waals surface area contributed by atoms with Gasteiger partial charge in [0.2, 0.25) is 0 Å². The SMILES string of the molecule is BOC(=O)[C](C)C(C)C. The van der Waals surface area contributed by atoms with Crippen LogP contribution in [0.1, 0.15) is 20.8 Å². The molecule has 0 atom stereocenters. The smallest absolute Gasteiger partial charge is 0.325 e. The Morgan fingerprint density at radius 1 is 1.56 bits per heavy atom. The lowest BCUT2D eigenvalue weighted by Gasteiger charge is -2.11. The van der Waals surface area contributed by atoms with Crippen LogP contribution in [0.5, 0.6) is 0 Å². The molecule has 0 spiro atoms. The van der Waals surface area contributed by atoms with Crippen LogP contribution in [0.3, 0.4) is 0 Å². The van der Waals surface area contributed by atoms with Gasteiger partial charge in [0.1, 0.15) is 0 Å². The van der Waals surface area contributed by atoms with E-state index in [-0.39, 0.29) is 11.9 Å². The van der Waals surface area contributed by atoms with Crippen molar-refractivity contribution in [2.45, 2.75) is 20.8 Å². The maximum Gasteiger partial charge on any atom is 0.325 e. The quantitative estimate of drug-likeness (QED) is 0.499. The third-order valence-corrected chi connectivity index (χ3v) is 1.37. The first-order valence-electron chi connectivity index (χ1n) is 3.01. The van der Waals surface area contributed by atoms with E-state index in [1.807, 2.05) is 13.8 Å². The number of carbonyl (C=O) groups excluding carboxylic acids is 1. The molecule has 0 amide bonds. The second-order valence-corrected chi connectivity index (χ2v) is 2.33. The van der Waals surface area contributed by atoms with Crippen molar-refractivity contribution in [1.29, 1.82) is 0 Å². The molecule has 0 bridgehead atoms. The van der Waals surface area contributed by atoms with E-state index < -0.39 is 0 Å². The van der Waals surface area contributed by atoms with Crippen LogP contribution in [0.15, 0.2) is 0 Å². The average Bonchev–Trinajstić information content (AvgIpc) is 1.84. The Labute approximate surface area is 57.0 Å². The minimum atomic E-state index is -0.204. The van der Waals surface area contributed by atoms with Crippen molar-refractivity contribution in [2.24, 2.45) is 5.92 Å². The van der Waals surface area contributed by atoms with Crippen molar-refractivity contribution in [1.82, 2.24) is 0 Å². The summed E-state index contributed by atoms with van der Waals surface area (Å²) in [5, 5.41) is 0. The lowest BCUT2D eigenvalue weighted by Crippen LogP contribution is -2.16. The molecular formula is C6H12BO2. The lowest BCUT2D eigenvalue weighted by atomic mass is 9.98. The van der Waals surface area contributed by atoms with Gasteiger partial charge in [-0.05, 0) is 12.8 Å². The van der Waals surface area contributed by atoms with E-state index in [2.05, 4.69) is 4.65 Å². The van der Waals surface area contributed by atoms with Crippen molar-refractivity contribution < 1.29 is 9.45 Å². The van der Waals surface area contributed by atoms with Gasteiger partial charge in [-0.15, -0.1) is 0 Å². The fourth-order valence-electron chi connectivity index (χ4n) is 0.397. The van der Waals surface area contributed by atoms with Gasteiger partial charge in [-0.2, -0.15) is 0 Å². The number of hydrogen-bond acceptors (Lipinski definition) is 2. The summed E-state index contributed by atoms with van der Waals surface area (Å²) in [6.07, 6.45) is 0. The van der Waals surface area contributed by atoms with Gasteiger partial charge in [-0.3, -0.25) is 4.79 Å². The van der Waals surface area contributed by atoms with Crippen molar-refractivity contribution in [2.75, 3.05) is 0 Å². The molecule has 0 fully saturated rings. The van der Waals surface area contributed by atoms with E-state index in [4.69, 9.17) is 0 Å². The van der Waals surface area contributed by atoms with E-state index >= 15 is 0 Å². The Morgan fingerprint density at radius 2 is 2.00 bits per heavy atom. The summed E-state index contributed by atoms with van der Waals surface area (Å²) in [6.45, 7) is 5.72. The Morgan fingerprint density at radius 3 is 2.11 bits per heavy atom. The zero-order valence-electron chi connectivity index (χ0n) is 6.39. The molecule has 9 heavy (non-hydrogen) atoms. The van der Waals surface area contributed by atoms with Gasteiger partial charge in [0.05, 0.1) is 5.92 Å². The van der Waals surface area contributed by atoms with Crippen LogP contribution >= 0.6 is 0 Å². The predicted molar refractivity (Wildman–Crippen MR) is 38.4 cm³/mol. The van der Waals surface area contributed by atoms with Crippen LogP contribution in [0.25, 0.3) is 0 Å². The van der Waals surface area contributed by atoms with E-state index in [1.165, 1.54) is 8.05 Å². The molecule has 0 aromatic heterocycles. The van der Waals surface area contributed by atoms with Crippen LogP contribution in [-0.4, -0.2) is 14.0 Å². The molecule has 0 aromatic carbocycles. The topological polar surface area (TPSA) is 26.3 Å². The number of carbonyl (C=O) groups is 1. The van der Waals surface area contributed by atoms with Crippen LogP contribution < -0.4 is 0 Å². The van der Waals surface area contributed by atoms with Gasteiger partial charge < -0.3 is 4.65 Å². The summed E-state index contributed by atoms with van der Waals surface area (Å²) in [4.78, 5) is 10.7. The Kier molecular flexibility index (Phi) is 3.36. The molecule has 51 valence electrons. The number of rotatable bonds is 2. The van der Waals surface area contributed by atoms with E-state index in [1.54, 1.807) is 6.92 Å². The molecule has 3 heteroatoms. The molecule has 0 unspecified atom stereocenters. The second kappa shape index (κ2) is 3.54. The summed E-state index contributed by atoms with van der Waals surface area (Å²) in [5.74, 6) is 0.861. The molecule has 0 saturated heterocycles. The van der Waals surface area contributed by atoms with E-state index in [0.29, 0.717) is 0 Å². The first-order chi connectivity index (χ1) is 4.09. The maximum absolute atomic E-state index is 10.7. The van der Waals surface area contributed by atoms with Gasteiger partial charge in [0.25, 0.3) is 5.97 Å². The average molecular weight is 127 g/mol. The minimum absolute atomic E-state index is 0.204. The fourth-order valence-corrected chi connectivity index (χ4v) is 0.397. The predicted octanol–water partition coefficient (Wildman–Crippen LogP) is 0.328. The summed E-state index contributed by atoms with van der Waals surface area (Å²) < 4.78 is 4.50.